The Balaban J connectivity index is 2.24. The van der Waals surface area contributed by atoms with E-state index in [1.807, 2.05) is 32.0 Å². The Morgan fingerprint density at radius 1 is 1.44 bits per heavy atom. The summed E-state index contributed by atoms with van der Waals surface area (Å²) in [6, 6.07) is 5.78. The van der Waals surface area contributed by atoms with Crippen LogP contribution in [0.4, 0.5) is 0 Å². The third kappa shape index (κ3) is 3.19. The molecule has 0 aliphatic carbocycles. The Morgan fingerprint density at radius 2 is 2.17 bits per heavy atom. The average Bonchev–Trinajstić information content (AvgIpc) is 2.61. The molecule has 0 amide bonds. The maximum absolute atomic E-state index is 12.2. The van der Waals surface area contributed by atoms with Crippen LogP contribution in [0.1, 0.15) is 25.9 Å². The van der Waals surface area contributed by atoms with E-state index in [1.54, 1.807) is 11.3 Å². The van der Waals surface area contributed by atoms with Gasteiger partial charge in [-0.25, -0.2) is 4.98 Å². The van der Waals surface area contributed by atoms with E-state index in [2.05, 4.69) is 43.5 Å². The summed E-state index contributed by atoms with van der Waals surface area (Å²) in [5.74, 6) is 0.106. The molecule has 94 valence electrons. The van der Waals surface area contributed by atoms with Crippen molar-refractivity contribution in [2.45, 2.75) is 20.3 Å². The van der Waals surface area contributed by atoms with Crippen molar-refractivity contribution < 1.29 is 4.79 Å². The molecule has 1 aromatic carbocycles. The standard InChI is InChI=1S/C13H11BrINOS/c1-7-8(2)18-13(16-7)6-12(17)10-5-9(15)3-4-11(10)14/h3-5H,6H2,1-2H3. The molecule has 1 aromatic heterocycles. The number of carbonyl (C=O) groups is 1. The fraction of sp³-hybridized carbons (Fsp3) is 0.231. The summed E-state index contributed by atoms with van der Waals surface area (Å²) in [6.07, 6.45) is 0.373. The van der Waals surface area contributed by atoms with Crippen molar-refractivity contribution in [3.05, 3.63) is 47.4 Å². The molecule has 0 radical (unpaired) electrons. The Hall–Kier alpha value is -0.270. The zero-order valence-electron chi connectivity index (χ0n) is 9.96. The van der Waals surface area contributed by atoms with Crippen molar-refractivity contribution in [3.63, 3.8) is 0 Å². The van der Waals surface area contributed by atoms with Gasteiger partial charge in [-0.1, -0.05) is 15.9 Å². The van der Waals surface area contributed by atoms with Crippen LogP contribution in [-0.4, -0.2) is 10.8 Å². The quantitative estimate of drug-likeness (QED) is 0.522. The second-order valence-electron chi connectivity index (χ2n) is 3.97. The Bertz CT molecular complexity index is 590. The molecule has 0 N–H and O–H groups in total. The summed E-state index contributed by atoms with van der Waals surface area (Å²) in [6.45, 7) is 4.00. The highest BCUT2D eigenvalue weighted by atomic mass is 127. The van der Waals surface area contributed by atoms with Gasteiger partial charge in [0.25, 0.3) is 0 Å². The lowest BCUT2D eigenvalue weighted by Crippen LogP contribution is -2.04. The van der Waals surface area contributed by atoms with Gasteiger partial charge in [-0.3, -0.25) is 4.79 Å². The number of hydrogen-bond donors (Lipinski definition) is 0. The molecule has 0 fully saturated rings. The molecule has 18 heavy (non-hydrogen) atoms. The minimum Gasteiger partial charge on any atom is -0.294 e. The van der Waals surface area contributed by atoms with E-state index in [4.69, 9.17) is 0 Å². The van der Waals surface area contributed by atoms with Gasteiger partial charge in [0.1, 0.15) is 5.01 Å². The first-order chi connectivity index (χ1) is 8.47. The van der Waals surface area contributed by atoms with Crippen molar-refractivity contribution in [2.24, 2.45) is 0 Å². The Kier molecular flexibility index (Phi) is 4.55. The van der Waals surface area contributed by atoms with E-state index in [0.717, 1.165) is 24.3 Å². The normalized spacial score (nSPS) is 10.7. The van der Waals surface area contributed by atoms with Gasteiger partial charge < -0.3 is 0 Å². The number of aromatic nitrogens is 1. The lowest BCUT2D eigenvalue weighted by Gasteiger charge is -2.03. The van der Waals surface area contributed by atoms with E-state index in [0.29, 0.717) is 6.42 Å². The van der Waals surface area contributed by atoms with E-state index in [9.17, 15) is 4.79 Å². The molecule has 2 aromatic rings. The predicted octanol–water partition coefficient (Wildman–Crippen LogP) is 4.55. The van der Waals surface area contributed by atoms with Crippen molar-refractivity contribution in [3.8, 4) is 0 Å². The van der Waals surface area contributed by atoms with Crippen molar-refractivity contribution in [1.82, 2.24) is 4.98 Å². The van der Waals surface area contributed by atoms with Crippen molar-refractivity contribution in [1.29, 1.82) is 0 Å². The van der Waals surface area contributed by atoms with Crippen molar-refractivity contribution >= 4 is 55.6 Å². The second-order valence-corrected chi connectivity index (χ2v) is 7.36. The molecule has 2 rings (SSSR count). The van der Waals surface area contributed by atoms with E-state index < -0.39 is 0 Å². The summed E-state index contributed by atoms with van der Waals surface area (Å²) in [4.78, 5) is 17.8. The van der Waals surface area contributed by atoms with Crippen LogP contribution in [0.15, 0.2) is 22.7 Å². The molecule has 5 heteroatoms. The molecule has 0 saturated carbocycles. The number of Topliss-reactive ketones (excluding diaryl/α,β-unsaturated/α-hetero) is 1. The lowest BCUT2D eigenvalue weighted by molar-refractivity contribution is 0.0992. The summed E-state index contributed by atoms with van der Waals surface area (Å²) >= 11 is 7.23. The highest BCUT2D eigenvalue weighted by molar-refractivity contribution is 14.1. The Labute approximate surface area is 132 Å². The molecule has 0 bridgehead atoms. The average molecular weight is 436 g/mol. The molecule has 0 atom stereocenters. The molecule has 1 heterocycles. The number of nitrogens with zero attached hydrogens (tertiary/aromatic N) is 1. The molecule has 2 nitrogen and oxygen atoms in total. The van der Waals surface area contributed by atoms with Crippen LogP contribution in [0, 0.1) is 17.4 Å². The third-order valence-corrected chi connectivity index (χ3v) is 5.05. The summed E-state index contributed by atoms with van der Waals surface area (Å²) < 4.78 is 1.91. The summed E-state index contributed by atoms with van der Waals surface area (Å²) in [7, 11) is 0. The fourth-order valence-electron chi connectivity index (χ4n) is 1.56. The van der Waals surface area contributed by atoms with Crippen LogP contribution < -0.4 is 0 Å². The van der Waals surface area contributed by atoms with Gasteiger partial charge >= 0.3 is 0 Å². The smallest absolute Gasteiger partial charge is 0.170 e. The van der Waals surface area contributed by atoms with Gasteiger partial charge in [0, 0.05) is 18.5 Å². The van der Waals surface area contributed by atoms with Gasteiger partial charge in [-0.15, -0.1) is 11.3 Å². The van der Waals surface area contributed by atoms with Gasteiger partial charge in [0.15, 0.2) is 5.78 Å². The van der Waals surface area contributed by atoms with Crippen LogP contribution in [-0.2, 0) is 6.42 Å². The van der Waals surface area contributed by atoms with Crippen LogP contribution >= 0.6 is 49.9 Å². The van der Waals surface area contributed by atoms with E-state index in [-0.39, 0.29) is 5.78 Å². The number of aryl methyl sites for hydroxylation is 2. The van der Waals surface area contributed by atoms with Crippen LogP contribution in [0.5, 0.6) is 0 Å². The maximum atomic E-state index is 12.2. The topological polar surface area (TPSA) is 30.0 Å². The monoisotopic (exact) mass is 435 g/mol. The number of carbonyl (C=O) groups excluding carboxylic acids is 1. The zero-order chi connectivity index (χ0) is 13.3. The van der Waals surface area contributed by atoms with Crippen LogP contribution in [0.2, 0.25) is 0 Å². The first kappa shape index (κ1) is 14.1. The number of thiazole rings is 1. The minimum absolute atomic E-state index is 0.106. The molecule has 0 unspecified atom stereocenters. The minimum atomic E-state index is 0.106. The number of ketones is 1. The predicted molar refractivity (Wildman–Crippen MR) is 86.5 cm³/mol. The second kappa shape index (κ2) is 5.79. The number of hydrogen-bond acceptors (Lipinski definition) is 3. The van der Waals surface area contributed by atoms with Gasteiger partial charge in [0.2, 0.25) is 0 Å². The largest absolute Gasteiger partial charge is 0.294 e. The molecule has 0 saturated heterocycles. The van der Waals surface area contributed by atoms with Crippen LogP contribution in [0.25, 0.3) is 0 Å². The molecule has 0 aliphatic heterocycles. The number of benzene rings is 1. The fourth-order valence-corrected chi connectivity index (χ4v) is 3.45. The lowest BCUT2D eigenvalue weighted by atomic mass is 10.1. The SMILES string of the molecule is Cc1nc(CC(=O)c2cc(I)ccc2Br)sc1C. The molecule has 0 aliphatic rings. The highest BCUT2D eigenvalue weighted by Gasteiger charge is 2.14. The van der Waals surface area contributed by atoms with Gasteiger partial charge in [-0.2, -0.15) is 0 Å². The van der Waals surface area contributed by atoms with E-state index >= 15 is 0 Å². The zero-order valence-corrected chi connectivity index (χ0v) is 14.5. The molecule has 0 spiro atoms. The Morgan fingerprint density at radius 3 is 2.78 bits per heavy atom. The highest BCUT2D eigenvalue weighted by Crippen LogP contribution is 2.23. The summed E-state index contributed by atoms with van der Waals surface area (Å²) in [5, 5.41) is 0.890. The number of rotatable bonds is 3. The maximum Gasteiger partial charge on any atom is 0.170 e. The van der Waals surface area contributed by atoms with Crippen LogP contribution in [0.3, 0.4) is 0 Å². The van der Waals surface area contributed by atoms with Gasteiger partial charge in [-0.05, 0) is 54.6 Å². The molecular formula is C13H11BrINOS. The van der Waals surface area contributed by atoms with E-state index in [1.165, 1.54) is 4.88 Å². The summed E-state index contributed by atoms with van der Waals surface area (Å²) in [5.41, 5.74) is 1.75. The third-order valence-electron chi connectivity index (χ3n) is 2.61. The van der Waals surface area contributed by atoms with Crippen molar-refractivity contribution in [2.75, 3.05) is 0 Å². The number of halogens is 2. The molecular weight excluding hydrogens is 425 g/mol. The first-order valence-corrected chi connectivity index (χ1v) is 8.07. The first-order valence-electron chi connectivity index (χ1n) is 5.38. The van der Waals surface area contributed by atoms with Gasteiger partial charge in [0.05, 0.1) is 12.1 Å².